The quantitative estimate of drug-likeness (QED) is 0.764. The molecule has 0 amide bonds. The van der Waals surface area contributed by atoms with E-state index >= 15 is 0 Å². The number of benzene rings is 1. The summed E-state index contributed by atoms with van der Waals surface area (Å²) < 4.78 is 22.9. The van der Waals surface area contributed by atoms with E-state index in [0.717, 1.165) is 5.56 Å². The molecule has 0 aliphatic carbocycles. The highest BCUT2D eigenvalue weighted by Crippen LogP contribution is 2.31. The third-order valence-electron chi connectivity index (χ3n) is 2.20. The van der Waals surface area contributed by atoms with E-state index in [1.54, 1.807) is 12.1 Å². The Morgan fingerprint density at radius 2 is 1.73 bits per heavy atom. The van der Waals surface area contributed by atoms with Gasteiger partial charge in [-0.15, -0.1) is 0 Å². The molecule has 0 saturated heterocycles. The van der Waals surface area contributed by atoms with Crippen molar-refractivity contribution >= 4 is 19.7 Å². The van der Waals surface area contributed by atoms with Gasteiger partial charge in [0, 0.05) is 10.7 Å². The summed E-state index contributed by atoms with van der Waals surface area (Å²) in [5, 5.41) is -0.597. The second-order valence-electron chi connectivity index (χ2n) is 4.00. The Labute approximate surface area is 95.7 Å². The van der Waals surface area contributed by atoms with Crippen LogP contribution in [0.25, 0.3) is 0 Å². The van der Waals surface area contributed by atoms with Gasteiger partial charge in [-0.25, -0.2) is 8.42 Å². The Morgan fingerprint density at radius 1 is 1.20 bits per heavy atom. The molecule has 0 aromatic heterocycles. The molecule has 1 unspecified atom stereocenters. The largest absolute Gasteiger partial charge is 0.239 e. The van der Waals surface area contributed by atoms with E-state index in [9.17, 15) is 8.42 Å². The summed E-state index contributed by atoms with van der Waals surface area (Å²) in [6.07, 6.45) is 0.551. The summed E-state index contributed by atoms with van der Waals surface area (Å²) >= 11 is 0. The average Bonchev–Trinajstić information content (AvgIpc) is 2.14. The summed E-state index contributed by atoms with van der Waals surface area (Å²) in [4.78, 5) is 0. The monoisotopic (exact) mass is 246 g/mol. The van der Waals surface area contributed by atoms with Gasteiger partial charge in [0.2, 0.25) is 9.05 Å². The minimum absolute atomic E-state index is 0.295. The van der Waals surface area contributed by atoms with Gasteiger partial charge in [0.15, 0.2) is 0 Å². The van der Waals surface area contributed by atoms with Crippen molar-refractivity contribution in [2.75, 3.05) is 0 Å². The zero-order chi connectivity index (χ0) is 11.5. The molecule has 84 valence electrons. The van der Waals surface area contributed by atoms with Crippen molar-refractivity contribution in [1.82, 2.24) is 0 Å². The highest BCUT2D eigenvalue weighted by atomic mass is 35.7. The van der Waals surface area contributed by atoms with Gasteiger partial charge >= 0.3 is 0 Å². The van der Waals surface area contributed by atoms with Crippen LogP contribution in [0.2, 0.25) is 0 Å². The topological polar surface area (TPSA) is 34.1 Å². The molecule has 0 radical (unpaired) electrons. The van der Waals surface area contributed by atoms with Gasteiger partial charge in [-0.05, 0) is 17.9 Å². The Bertz CT molecular complexity index is 398. The molecule has 1 aromatic carbocycles. The van der Waals surface area contributed by atoms with Gasteiger partial charge in [-0.2, -0.15) is 0 Å². The summed E-state index contributed by atoms with van der Waals surface area (Å²) in [6, 6.07) is 9.10. The first-order valence-corrected chi connectivity index (χ1v) is 7.27. The van der Waals surface area contributed by atoms with Crippen LogP contribution in [-0.2, 0) is 9.05 Å². The van der Waals surface area contributed by atoms with E-state index in [0.29, 0.717) is 12.3 Å². The maximum atomic E-state index is 11.4. The molecule has 1 aromatic rings. The number of hydrogen-bond acceptors (Lipinski definition) is 2. The van der Waals surface area contributed by atoms with E-state index in [1.807, 2.05) is 32.0 Å². The van der Waals surface area contributed by atoms with Crippen molar-refractivity contribution in [3.8, 4) is 0 Å². The Hall–Kier alpha value is -0.540. The molecule has 1 atom stereocenters. The molecule has 15 heavy (non-hydrogen) atoms. The molecule has 1 rings (SSSR count). The van der Waals surface area contributed by atoms with Gasteiger partial charge in [-0.1, -0.05) is 44.2 Å². The molecule has 0 spiro atoms. The predicted molar refractivity (Wildman–Crippen MR) is 63.4 cm³/mol. The fourth-order valence-corrected chi connectivity index (χ4v) is 3.13. The SMILES string of the molecule is CC(C)CC(c1ccccc1)S(=O)(=O)Cl. The van der Waals surface area contributed by atoms with Gasteiger partial charge in [0.25, 0.3) is 0 Å². The van der Waals surface area contributed by atoms with Crippen LogP contribution < -0.4 is 0 Å². The van der Waals surface area contributed by atoms with Crippen LogP contribution in [0, 0.1) is 5.92 Å². The van der Waals surface area contributed by atoms with E-state index in [1.165, 1.54) is 0 Å². The number of hydrogen-bond donors (Lipinski definition) is 0. The highest BCUT2D eigenvalue weighted by Gasteiger charge is 2.25. The Balaban J connectivity index is 3.03. The molecular formula is C11H15ClO2S. The molecule has 0 aliphatic rings. The van der Waals surface area contributed by atoms with E-state index in [2.05, 4.69) is 0 Å². The fraction of sp³-hybridized carbons (Fsp3) is 0.455. The first kappa shape index (κ1) is 12.5. The molecule has 0 bridgehead atoms. The lowest BCUT2D eigenvalue weighted by Crippen LogP contribution is -2.10. The van der Waals surface area contributed by atoms with Crippen molar-refractivity contribution in [2.24, 2.45) is 5.92 Å². The van der Waals surface area contributed by atoms with Crippen LogP contribution in [0.1, 0.15) is 31.1 Å². The molecular weight excluding hydrogens is 232 g/mol. The Kier molecular flexibility index (Phi) is 4.17. The first-order chi connectivity index (χ1) is 6.91. The molecule has 0 N–H and O–H groups in total. The summed E-state index contributed by atoms with van der Waals surface area (Å²) in [6.45, 7) is 3.97. The summed E-state index contributed by atoms with van der Waals surface area (Å²) in [5.41, 5.74) is 0.765. The molecule has 0 aliphatic heterocycles. The van der Waals surface area contributed by atoms with Gasteiger partial charge < -0.3 is 0 Å². The third kappa shape index (κ3) is 3.84. The minimum atomic E-state index is -3.54. The Morgan fingerprint density at radius 3 is 2.13 bits per heavy atom. The van der Waals surface area contributed by atoms with Crippen molar-refractivity contribution in [3.63, 3.8) is 0 Å². The van der Waals surface area contributed by atoms with Crippen LogP contribution in [0.3, 0.4) is 0 Å². The first-order valence-electron chi connectivity index (χ1n) is 4.89. The van der Waals surface area contributed by atoms with Crippen molar-refractivity contribution in [2.45, 2.75) is 25.5 Å². The summed E-state index contributed by atoms with van der Waals surface area (Å²) in [7, 11) is 1.91. The summed E-state index contributed by atoms with van der Waals surface area (Å²) in [5.74, 6) is 0.295. The predicted octanol–water partition coefficient (Wildman–Crippen LogP) is 3.34. The molecule has 0 heterocycles. The second kappa shape index (κ2) is 4.99. The lowest BCUT2D eigenvalue weighted by atomic mass is 10.0. The maximum absolute atomic E-state index is 11.4. The smallest absolute Gasteiger partial charge is 0.212 e. The van der Waals surface area contributed by atoms with Crippen LogP contribution in [0.4, 0.5) is 0 Å². The van der Waals surface area contributed by atoms with Crippen molar-refractivity contribution in [1.29, 1.82) is 0 Å². The van der Waals surface area contributed by atoms with E-state index < -0.39 is 14.3 Å². The second-order valence-corrected chi connectivity index (χ2v) is 6.82. The zero-order valence-corrected chi connectivity index (χ0v) is 10.4. The number of halogens is 1. The van der Waals surface area contributed by atoms with Crippen molar-refractivity contribution < 1.29 is 8.42 Å². The van der Waals surface area contributed by atoms with Crippen LogP contribution in [0.5, 0.6) is 0 Å². The molecule has 4 heteroatoms. The number of rotatable bonds is 4. The molecule has 0 fully saturated rings. The van der Waals surface area contributed by atoms with E-state index in [4.69, 9.17) is 10.7 Å². The lowest BCUT2D eigenvalue weighted by molar-refractivity contribution is 0.541. The van der Waals surface area contributed by atoms with Gasteiger partial charge in [0.1, 0.15) is 5.25 Å². The molecule has 0 saturated carbocycles. The lowest BCUT2D eigenvalue weighted by Gasteiger charge is -2.15. The average molecular weight is 247 g/mol. The molecule has 2 nitrogen and oxygen atoms in total. The fourth-order valence-electron chi connectivity index (χ4n) is 1.51. The van der Waals surface area contributed by atoms with Crippen molar-refractivity contribution in [3.05, 3.63) is 35.9 Å². The normalized spacial score (nSPS) is 14.1. The standard InChI is InChI=1S/C11H15ClO2S/c1-9(2)8-11(15(12,13)14)10-6-4-3-5-7-10/h3-7,9,11H,8H2,1-2H3. The highest BCUT2D eigenvalue weighted by molar-refractivity contribution is 8.13. The zero-order valence-electron chi connectivity index (χ0n) is 8.85. The van der Waals surface area contributed by atoms with Crippen LogP contribution >= 0.6 is 10.7 Å². The van der Waals surface area contributed by atoms with Crippen LogP contribution in [-0.4, -0.2) is 8.42 Å². The van der Waals surface area contributed by atoms with Gasteiger partial charge in [-0.3, -0.25) is 0 Å². The third-order valence-corrected chi connectivity index (χ3v) is 3.99. The van der Waals surface area contributed by atoms with Crippen LogP contribution in [0.15, 0.2) is 30.3 Å². The van der Waals surface area contributed by atoms with Gasteiger partial charge in [0.05, 0.1) is 0 Å². The minimum Gasteiger partial charge on any atom is -0.212 e. The maximum Gasteiger partial charge on any atom is 0.239 e. The van der Waals surface area contributed by atoms with E-state index in [-0.39, 0.29) is 0 Å².